The first-order chi connectivity index (χ1) is 8.58. The van der Waals surface area contributed by atoms with Crippen molar-refractivity contribution in [2.24, 2.45) is 0 Å². The minimum atomic E-state index is -0.955. The molecule has 2 aromatic heterocycles. The van der Waals surface area contributed by atoms with Crippen molar-refractivity contribution >= 4 is 34.6 Å². The van der Waals surface area contributed by atoms with E-state index in [1.807, 2.05) is 24.1 Å². The zero-order valence-corrected chi connectivity index (χ0v) is 11.2. The molecular formula is C12H11ClN2O2S. The largest absolute Gasteiger partial charge is 0.478 e. The van der Waals surface area contributed by atoms with E-state index in [1.165, 1.54) is 23.6 Å². The fourth-order valence-electron chi connectivity index (χ4n) is 1.63. The Balaban J connectivity index is 2.23. The van der Waals surface area contributed by atoms with E-state index in [2.05, 4.69) is 4.98 Å². The predicted molar refractivity (Wildman–Crippen MR) is 72.6 cm³/mol. The number of thiophene rings is 1. The molecule has 94 valence electrons. The highest BCUT2D eigenvalue weighted by Gasteiger charge is 2.14. The Morgan fingerprint density at radius 2 is 2.28 bits per heavy atom. The van der Waals surface area contributed by atoms with Gasteiger partial charge in [0.05, 0.1) is 28.3 Å². The van der Waals surface area contributed by atoms with Gasteiger partial charge in [-0.3, -0.25) is 4.98 Å². The molecule has 6 heteroatoms. The molecule has 0 aliphatic heterocycles. The molecule has 2 rings (SSSR count). The van der Waals surface area contributed by atoms with Crippen molar-refractivity contribution in [3.05, 3.63) is 45.4 Å². The van der Waals surface area contributed by atoms with Crippen LogP contribution >= 0.6 is 22.9 Å². The monoisotopic (exact) mass is 282 g/mol. The van der Waals surface area contributed by atoms with Crippen LogP contribution in [-0.2, 0) is 6.54 Å². The number of nitrogens with zero attached hydrogens (tertiary/aromatic N) is 2. The van der Waals surface area contributed by atoms with Crippen LogP contribution in [0, 0.1) is 0 Å². The van der Waals surface area contributed by atoms with Gasteiger partial charge >= 0.3 is 5.97 Å². The Bertz CT molecular complexity index is 571. The molecule has 0 saturated carbocycles. The van der Waals surface area contributed by atoms with E-state index in [0.29, 0.717) is 12.2 Å². The summed E-state index contributed by atoms with van der Waals surface area (Å²) in [5, 5.41) is 9.11. The molecule has 0 bridgehead atoms. The SMILES string of the molecule is CN(Cc1ccc(Cl)s1)c1cnccc1C(=O)O. The number of pyridine rings is 1. The summed E-state index contributed by atoms with van der Waals surface area (Å²) >= 11 is 7.35. The van der Waals surface area contributed by atoms with Crippen LogP contribution < -0.4 is 4.90 Å². The van der Waals surface area contributed by atoms with Crippen molar-refractivity contribution in [2.75, 3.05) is 11.9 Å². The summed E-state index contributed by atoms with van der Waals surface area (Å²) < 4.78 is 0.725. The van der Waals surface area contributed by atoms with Gasteiger partial charge in [-0.05, 0) is 18.2 Å². The lowest BCUT2D eigenvalue weighted by Gasteiger charge is -2.19. The molecule has 18 heavy (non-hydrogen) atoms. The molecule has 0 aliphatic carbocycles. The number of halogens is 1. The molecule has 0 spiro atoms. The highest BCUT2D eigenvalue weighted by molar-refractivity contribution is 7.16. The minimum absolute atomic E-state index is 0.246. The first kappa shape index (κ1) is 12.9. The van der Waals surface area contributed by atoms with Crippen LogP contribution in [0.2, 0.25) is 4.34 Å². The van der Waals surface area contributed by atoms with Gasteiger partial charge in [0.2, 0.25) is 0 Å². The Hall–Kier alpha value is -1.59. The third kappa shape index (κ3) is 2.80. The second kappa shape index (κ2) is 5.37. The smallest absolute Gasteiger partial charge is 0.337 e. The lowest BCUT2D eigenvalue weighted by atomic mass is 10.2. The van der Waals surface area contributed by atoms with Crippen molar-refractivity contribution in [3.8, 4) is 0 Å². The quantitative estimate of drug-likeness (QED) is 0.936. The summed E-state index contributed by atoms with van der Waals surface area (Å²) in [5.41, 5.74) is 0.838. The van der Waals surface area contributed by atoms with Crippen LogP contribution in [-0.4, -0.2) is 23.1 Å². The number of hydrogen-bond donors (Lipinski definition) is 1. The predicted octanol–water partition coefficient (Wildman–Crippen LogP) is 3.13. The fraction of sp³-hybridized carbons (Fsp3) is 0.167. The van der Waals surface area contributed by atoms with Crippen LogP contribution in [0.4, 0.5) is 5.69 Å². The zero-order chi connectivity index (χ0) is 13.1. The lowest BCUT2D eigenvalue weighted by molar-refractivity contribution is 0.0697. The number of anilines is 1. The minimum Gasteiger partial charge on any atom is -0.478 e. The van der Waals surface area contributed by atoms with E-state index in [9.17, 15) is 4.79 Å². The van der Waals surface area contributed by atoms with Crippen LogP contribution in [0.3, 0.4) is 0 Å². The van der Waals surface area contributed by atoms with Gasteiger partial charge in [0.25, 0.3) is 0 Å². The Labute approximate surface area is 113 Å². The van der Waals surface area contributed by atoms with Gasteiger partial charge in [-0.2, -0.15) is 0 Å². The Kier molecular flexibility index (Phi) is 3.84. The van der Waals surface area contributed by atoms with Crippen LogP contribution in [0.25, 0.3) is 0 Å². The summed E-state index contributed by atoms with van der Waals surface area (Å²) in [7, 11) is 1.83. The second-order valence-corrected chi connectivity index (χ2v) is 5.56. The third-order valence-corrected chi connectivity index (χ3v) is 3.68. The van der Waals surface area contributed by atoms with E-state index < -0.39 is 5.97 Å². The maximum atomic E-state index is 11.1. The lowest BCUT2D eigenvalue weighted by Crippen LogP contribution is -2.19. The van der Waals surface area contributed by atoms with Crippen molar-refractivity contribution in [2.45, 2.75) is 6.54 Å². The average molecular weight is 283 g/mol. The highest BCUT2D eigenvalue weighted by Crippen LogP contribution is 2.25. The van der Waals surface area contributed by atoms with Crippen molar-refractivity contribution < 1.29 is 9.90 Å². The topological polar surface area (TPSA) is 53.4 Å². The van der Waals surface area contributed by atoms with Gasteiger partial charge in [-0.1, -0.05) is 11.6 Å². The molecule has 4 nitrogen and oxygen atoms in total. The summed E-state index contributed by atoms with van der Waals surface area (Å²) in [6, 6.07) is 5.26. The van der Waals surface area contributed by atoms with E-state index in [-0.39, 0.29) is 5.56 Å². The van der Waals surface area contributed by atoms with Crippen LogP contribution in [0.15, 0.2) is 30.6 Å². The molecule has 0 fully saturated rings. The summed E-state index contributed by atoms with van der Waals surface area (Å²) in [6.45, 7) is 0.601. The third-order valence-electron chi connectivity index (χ3n) is 2.46. The number of carboxylic acid groups (broad SMARTS) is 1. The fourth-order valence-corrected chi connectivity index (χ4v) is 2.77. The number of aromatic carboxylic acids is 1. The maximum Gasteiger partial charge on any atom is 0.337 e. The molecular weight excluding hydrogens is 272 g/mol. The number of aromatic nitrogens is 1. The van der Waals surface area contributed by atoms with E-state index >= 15 is 0 Å². The van der Waals surface area contributed by atoms with Gasteiger partial charge in [-0.15, -0.1) is 11.3 Å². The first-order valence-corrected chi connectivity index (χ1v) is 6.40. The zero-order valence-electron chi connectivity index (χ0n) is 9.63. The van der Waals surface area contributed by atoms with Gasteiger partial charge in [0, 0.05) is 18.1 Å². The van der Waals surface area contributed by atoms with Crippen molar-refractivity contribution in [1.82, 2.24) is 4.98 Å². The van der Waals surface area contributed by atoms with Gasteiger partial charge in [0.1, 0.15) is 0 Å². The number of carboxylic acids is 1. The average Bonchev–Trinajstić information content (AvgIpc) is 2.74. The molecule has 2 heterocycles. The molecule has 0 aliphatic rings. The van der Waals surface area contributed by atoms with E-state index in [4.69, 9.17) is 16.7 Å². The standard InChI is InChI=1S/C12H11ClN2O2S/c1-15(7-8-2-3-11(13)18-8)10-6-14-5-4-9(10)12(16)17/h2-6H,7H2,1H3,(H,16,17). The first-order valence-electron chi connectivity index (χ1n) is 5.20. The molecule has 0 aromatic carbocycles. The van der Waals surface area contributed by atoms with Crippen molar-refractivity contribution in [3.63, 3.8) is 0 Å². The number of hydrogen-bond acceptors (Lipinski definition) is 4. The molecule has 0 amide bonds. The van der Waals surface area contributed by atoms with Crippen LogP contribution in [0.1, 0.15) is 15.2 Å². The van der Waals surface area contributed by atoms with Gasteiger partial charge < -0.3 is 10.0 Å². The Morgan fingerprint density at radius 1 is 1.50 bits per heavy atom. The summed E-state index contributed by atoms with van der Waals surface area (Å²) in [5.74, 6) is -0.955. The van der Waals surface area contributed by atoms with Crippen molar-refractivity contribution in [1.29, 1.82) is 0 Å². The van der Waals surface area contributed by atoms with Gasteiger partial charge in [0.15, 0.2) is 0 Å². The molecule has 0 atom stereocenters. The van der Waals surface area contributed by atoms with Crippen LogP contribution in [0.5, 0.6) is 0 Å². The number of carbonyl (C=O) groups is 1. The maximum absolute atomic E-state index is 11.1. The molecule has 0 radical (unpaired) electrons. The van der Waals surface area contributed by atoms with E-state index in [0.717, 1.165) is 9.21 Å². The molecule has 0 unspecified atom stereocenters. The molecule has 0 saturated heterocycles. The summed E-state index contributed by atoms with van der Waals surface area (Å²) in [4.78, 5) is 18.0. The normalized spacial score (nSPS) is 10.3. The van der Waals surface area contributed by atoms with E-state index in [1.54, 1.807) is 6.20 Å². The molecule has 1 N–H and O–H groups in total. The number of rotatable bonds is 4. The molecule has 2 aromatic rings. The Morgan fingerprint density at radius 3 is 2.89 bits per heavy atom. The highest BCUT2D eigenvalue weighted by atomic mass is 35.5. The second-order valence-electron chi connectivity index (χ2n) is 3.76. The van der Waals surface area contributed by atoms with Gasteiger partial charge in [-0.25, -0.2) is 4.79 Å². The summed E-state index contributed by atoms with van der Waals surface area (Å²) in [6.07, 6.45) is 3.03.